The number of aromatic nitrogens is 2. The van der Waals surface area contributed by atoms with Gasteiger partial charge in [-0.05, 0) is 31.4 Å². The van der Waals surface area contributed by atoms with Gasteiger partial charge in [0.15, 0.2) is 0 Å². The predicted octanol–water partition coefficient (Wildman–Crippen LogP) is 1.05. The van der Waals surface area contributed by atoms with Gasteiger partial charge in [0.2, 0.25) is 5.78 Å². The lowest BCUT2D eigenvalue weighted by atomic mass is 10.1. The number of carbonyl (C=O) groups is 3. The molecule has 1 aromatic heterocycles. The van der Waals surface area contributed by atoms with E-state index >= 15 is 0 Å². The summed E-state index contributed by atoms with van der Waals surface area (Å²) in [5.41, 5.74) is 2.47. The molecule has 0 saturated heterocycles. The smallest absolute Gasteiger partial charge is 0.325 e. The lowest BCUT2D eigenvalue weighted by molar-refractivity contribution is -0.144. The normalized spacial score (nSPS) is 10.2. The van der Waals surface area contributed by atoms with Gasteiger partial charge >= 0.3 is 5.97 Å². The highest BCUT2D eigenvalue weighted by Gasteiger charge is 2.16. The number of hydrogen-bond acceptors (Lipinski definition) is 6. The Morgan fingerprint density at radius 3 is 2.50 bits per heavy atom. The second-order valence-electron chi connectivity index (χ2n) is 5.57. The molecule has 0 aliphatic rings. The molecule has 0 bridgehead atoms. The SMILES string of the molecule is CCOC(=O)CNC(=O)C(=O)Cc1cc(CCc2ccccc2)ncn1. The molecular formula is C19H21N3O4. The molecule has 2 rings (SSSR count). The maximum atomic E-state index is 11.9. The van der Waals surface area contributed by atoms with E-state index in [1.54, 1.807) is 13.0 Å². The largest absolute Gasteiger partial charge is 0.465 e. The number of ketones is 1. The molecule has 2 aromatic rings. The van der Waals surface area contributed by atoms with Crippen molar-refractivity contribution in [2.45, 2.75) is 26.2 Å². The van der Waals surface area contributed by atoms with Gasteiger partial charge in [-0.3, -0.25) is 14.4 Å². The van der Waals surface area contributed by atoms with Gasteiger partial charge in [-0.2, -0.15) is 0 Å². The molecule has 0 saturated carbocycles. The van der Waals surface area contributed by atoms with Gasteiger partial charge < -0.3 is 10.1 Å². The highest BCUT2D eigenvalue weighted by Crippen LogP contribution is 2.06. The molecule has 1 amide bonds. The number of Topliss-reactive ketones (excluding diaryl/α,β-unsaturated/α-hetero) is 1. The molecule has 0 aliphatic heterocycles. The highest BCUT2D eigenvalue weighted by molar-refractivity contribution is 6.36. The number of esters is 1. The van der Waals surface area contributed by atoms with Crippen LogP contribution in [0.25, 0.3) is 0 Å². The Hall–Kier alpha value is -3.09. The predicted molar refractivity (Wildman–Crippen MR) is 94.2 cm³/mol. The number of nitrogens with one attached hydrogen (secondary N) is 1. The van der Waals surface area contributed by atoms with Crippen LogP contribution >= 0.6 is 0 Å². The number of ether oxygens (including phenoxy) is 1. The number of rotatable bonds is 9. The van der Waals surface area contributed by atoms with Crippen molar-refractivity contribution in [2.75, 3.05) is 13.2 Å². The zero-order valence-electron chi connectivity index (χ0n) is 14.6. The summed E-state index contributed by atoms with van der Waals surface area (Å²) >= 11 is 0. The molecule has 7 nitrogen and oxygen atoms in total. The molecule has 1 aromatic carbocycles. The van der Waals surface area contributed by atoms with Crippen LogP contribution in [0, 0.1) is 0 Å². The lowest BCUT2D eigenvalue weighted by Gasteiger charge is -2.05. The van der Waals surface area contributed by atoms with E-state index in [0.29, 0.717) is 12.1 Å². The third kappa shape index (κ3) is 6.43. The third-order valence-corrected chi connectivity index (χ3v) is 3.59. The first-order valence-electron chi connectivity index (χ1n) is 8.39. The maximum absolute atomic E-state index is 11.9. The minimum absolute atomic E-state index is 0.143. The average Bonchev–Trinajstić information content (AvgIpc) is 2.66. The lowest BCUT2D eigenvalue weighted by Crippen LogP contribution is -2.36. The summed E-state index contributed by atoms with van der Waals surface area (Å²) in [6.07, 6.45) is 2.78. The summed E-state index contributed by atoms with van der Waals surface area (Å²) in [7, 11) is 0. The molecule has 136 valence electrons. The Kier molecular flexibility index (Phi) is 7.42. The minimum atomic E-state index is -0.831. The molecule has 7 heteroatoms. The van der Waals surface area contributed by atoms with Crippen molar-refractivity contribution in [3.8, 4) is 0 Å². The Balaban J connectivity index is 1.86. The number of carbonyl (C=O) groups excluding carboxylic acids is 3. The summed E-state index contributed by atoms with van der Waals surface area (Å²) < 4.78 is 4.68. The van der Waals surface area contributed by atoms with Gasteiger partial charge in [-0.15, -0.1) is 0 Å². The maximum Gasteiger partial charge on any atom is 0.325 e. The van der Waals surface area contributed by atoms with Gasteiger partial charge in [0.05, 0.1) is 18.7 Å². The van der Waals surface area contributed by atoms with Crippen LogP contribution in [0.5, 0.6) is 0 Å². The number of nitrogens with zero attached hydrogens (tertiary/aromatic N) is 2. The Morgan fingerprint density at radius 1 is 1.04 bits per heavy atom. The Labute approximate surface area is 151 Å². The fourth-order valence-electron chi connectivity index (χ4n) is 2.30. The molecule has 0 aliphatic carbocycles. The molecule has 1 heterocycles. The van der Waals surface area contributed by atoms with Crippen molar-refractivity contribution in [3.63, 3.8) is 0 Å². The summed E-state index contributed by atoms with van der Waals surface area (Å²) in [5.74, 6) is -2.08. The summed E-state index contributed by atoms with van der Waals surface area (Å²) in [5, 5.41) is 2.24. The summed E-state index contributed by atoms with van der Waals surface area (Å²) in [4.78, 5) is 43.1. The van der Waals surface area contributed by atoms with Crippen LogP contribution in [0.3, 0.4) is 0 Å². The van der Waals surface area contributed by atoms with Crippen molar-refractivity contribution in [3.05, 3.63) is 59.7 Å². The van der Waals surface area contributed by atoms with Gasteiger partial charge in [0.1, 0.15) is 12.9 Å². The second-order valence-corrected chi connectivity index (χ2v) is 5.57. The van der Waals surface area contributed by atoms with E-state index in [4.69, 9.17) is 0 Å². The monoisotopic (exact) mass is 355 g/mol. The van der Waals surface area contributed by atoms with E-state index in [-0.39, 0.29) is 19.6 Å². The third-order valence-electron chi connectivity index (χ3n) is 3.59. The van der Waals surface area contributed by atoms with Crippen LogP contribution in [0.1, 0.15) is 23.9 Å². The van der Waals surface area contributed by atoms with Crippen LogP contribution in [-0.2, 0) is 38.4 Å². The molecule has 0 radical (unpaired) electrons. The van der Waals surface area contributed by atoms with Crippen LogP contribution in [0.15, 0.2) is 42.7 Å². The summed E-state index contributed by atoms with van der Waals surface area (Å²) in [6, 6.07) is 11.7. The molecule has 0 atom stereocenters. The first-order valence-corrected chi connectivity index (χ1v) is 8.39. The summed E-state index contributed by atoms with van der Waals surface area (Å²) in [6.45, 7) is 1.55. The Morgan fingerprint density at radius 2 is 1.77 bits per heavy atom. The highest BCUT2D eigenvalue weighted by atomic mass is 16.5. The van der Waals surface area contributed by atoms with Crippen molar-refractivity contribution >= 4 is 17.7 Å². The first kappa shape index (κ1) is 19.2. The molecular weight excluding hydrogens is 334 g/mol. The molecule has 0 fully saturated rings. The average molecular weight is 355 g/mol. The van der Waals surface area contributed by atoms with E-state index in [2.05, 4.69) is 20.0 Å². The van der Waals surface area contributed by atoms with E-state index in [0.717, 1.165) is 12.1 Å². The fraction of sp³-hybridized carbons (Fsp3) is 0.316. The van der Waals surface area contributed by atoms with Crippen molar-refractivity contribution in [1.29, 1.82) is 0 Å². The molecule has 26 heavy (non-hydrogen) atoms. The fourth-order valence-corrected chi connectivity index (χ4v) is 2.30. The van der Waals surface area contributed by atoms with Crippen LogP contribution < -0.4 is 5.32 Å². The van der Waals surface area contributed by atoms with E-state index in [1.807, 2.05) is 30.3 Å². The first-order chi connectivity index (χ1) is 12.6. The van der Waals surface area contributed by atoms with Gasteiger partial charge in [-0.25, -0.2) is 9.97 Å². The van der Waals surface area contributed by atoms with E-state index in [9.17, 15) is 14.4 Å². The molecule has 1 N–H and O–H groups in total. The quantitative estimate of drug-likeness (QED) is 0.533. The number of aryl methyl sites for hydroxylation is 2. The Bertz CT molecular complexity index is 762. The topological polar surface area (TPSA) is 98.2 Å². The minimum Gasteiger partial charge on any atom is -0.465 e. The number of hydrogen-bond donors (Lipinski definition) is 1. The van der Waals surface area contributed by atoms with Crippen molar-refractivity contribution in [2.24, 2.45) is 0 Å². The number of amides is 1. The van der Waals surface area contributed by atoms with E-state index < -0.39 is 17.7 Å². The molecule has 0 spiro atoms. The van der Waals surface area contributed by atoms with Crippen molar-refractivity contribution in [1.82, 2.24) is 15.3 Å². The van der Waals surface area contributed by atoms with E-state index in [1.165, 1.54) is 11.9 Å². The zero-order chi connectivity index (χ0) is 18.8. The second kappa shape index (κ2) is 10.0. The van der Waals surface area contributed by atoms with Crippen LogP contribution in [-0.4, -0.2) is 40.8 Å². The van der Waals surface area contributed by atoms with Gasteiger partial charge in [0.25, 0.3) is 5.91 Å². The van der Waals surface area contributed by atoms with Gasteiger partial charge in [-0.1, -0.05) is 30.3 Å². The van der Waals surface area contributed by atoms with Crippen LogP contribution in [0.2, 0.25) is 0 Å². The van der Waals surface area contributed by atoms with Gasteiger partial charge in [0, 0.05) is 5.69 Å². The number of benzene rings is 1. The van der Waals surface area contributed by atoms with Crippen LogP contribution in [0.4, 0.5) is 0 Å². The zero-order valence-corrected chi connectivity index (χ0v) is 14.6. The standard InChI is InChI=1S/C19H21N3O4/c1-2-26-18(24)12-20-19(25)17(23)11-16-10-15(21-13-22-16)9-8-14-6-4-3-5-7-14/h3-7,10,13H,2,8-9,11-12H2,1H3,(H,20,25). The van der Waals surface area contributed by atoms with Crippen molar-refractivity contribution < 1.29 is 19.1 Å². The molecule has 0 unspecified atom stereocenters.